The molecular formula is C25H26N4O3. The lowest BCUT2D eigenvalue weighted by Gasteiger charge is -2.30. The summed E-state index contributed by atoms with van der Waals surface area (Å²) >= 11 is 0. The number of amides is 2. The van der Waals surface area contributed by atoms with E-state index < -0.39 is 11.8 Å². The molecule has 2 N–H and O–H groups in total. The Bertz CT molecular complexity index is 1120. The Morgan fingerprint density at radius 3 is 2.75 bits per heavy atom. The fourth-order valence-electron chi connectivity index (χ4n) is 4.04. The summed E-state index contributed by atoms with van der Waals surface area (Å²) in [5, 5.41) is 5.45. The Labute approximate surface area is 187 Å². The third-order valence-electron chi connectivity index (χ3n) is 5.63. The van der Waals surface area contributed by atoms with E-state index in [1.165, 1.54) is 12.7 Å². The third kappa shape index (κ3) is 4.56. The molecular weight excluding hydrogens is 404 g/mol. The maximum atomic E-state index is 12.6. The first-order valence-electron chi connectivity index (χ1n) is 10.5. The van der Waals surface area contributed by atoms with Crippen LogP contribution in [-0.4, -0.2) is 37.0 Å². The van der Waals surface area contributed by atoms with Crippen molar-refractivity contribution < 1.29 is 14.3 Å². The predicted octanol–water partition coefficient (Wildman–Crippen LogP) is 3.26. The number of para-hydroxylation sites is 1. The van der Waals surface area contributed by atoms with Crippen LogP contribution >= 0.6 is 0 Å². The predicted molar refractivity (Wildman–Crippen MR) is 124 cm³/mol. The lowest BCUT2D eigenvalue weighted by Crippen LogP contribution is -2.41. The monoisotopic (exact) mass is 430 g/mol. The first-order valence-corrected chi connectivity index (χ1v) is 10.5. The minimum absolute atomic E-state index is 0.141. The van der Waals surface area contributed by atoms with Crippen LogP contribution in [0.1, 0.15) is 22.7 Å². The summed E-state index contributed by atoms with van der Waals surface area (Å²) in [6, 6.07) is 17.4. The van der Waals surface area contributed by atoms with Gasteiger partial charge in [0.2, 0.25) is 0 Å². The van der Waals surface area contributed by atoms with Crippen LogP contribution in [0.3, 0.4) is 0 Å². The number of fused-ring (bicyclic) bond motifs is 1. The molecule has 3 aromatic rings. The van der Waals surface area contributed by atoms with Crippen molar-refractivity contribution in [1.82, 2.24) is 10.3 Å². The summed E-state index contributed by atoms with van der Waals surface area (Å²) in [6.45, 7) is 3.01. The van der Waals surface area contributed by atoms with Gasteiger partial charge in [0.25, 0.3) is 0 Å². The van der Waals surface area contributed by atoms with Crippen molar-refractivity contribution in [1.29, 1.82) is 0 Å². The van der Waals surface area contributed by atoms with Crippen LogP contribution in [0.25, 0.3) is 0 Å². The van der Waals surface area contributed by atoms with Crippen molar-refractivity contribution in [2.24, 2.45) is 0 Å². The Kier molecular flexibility index (Phi) is 6.35. The van der Waals surface area contributed by atoms with Crippen molar-refractivity contribution >= 4 is 23.2 Å². The zero-order chi connectivity index (χ0) is 22.5. The van der Waals surface area contributed by atoms with Crippen molar-refractivity contribution in [3.63, 3.8) is 0 Å². The summed E-state index contributed by atoms with van der Waals surface area (Å²) in [6.07, 6.45) is 4.46. The van der Waals surface area contributed by atoms with E-state index in [1.54, 1.807) is 24.5 Å². The maximum Gasteiger partial charge on any atom is 0.313 e. The third-order valence-corrected chi connectivity index (χ3v) is 5.63. The van der Waals surface area contributed by atoms with Gasteiger partial charge in [0.05, 0.1) is 18.8 Å². The van der Waals surface area contributed by atoms with Gasteiger partial charge >= 0.3 is 11.8 Å². The summed E-state index contributed by atoms with van der Waals surface area (Å²) < 4.78 is 5.28. The molecule has 0 spiro atoms. The highest BCUT2D eigenvalue weighted by Crippen LogP contribution is 2.34. The molecule has 7 nitrogen and oxygen atoms in total. The first-order chi connectivity index (χ1) is 15.6. The highest BCUT2D eigenvalue weighted by Gasteiger charge is 2.28. The van der Waals surface area contributed by atoms with Crippen molar-refractivity contribution in [3.8, 4) is 5.75 Å². The number of hydrogen-bond acceptors (Lipinski definition) is 5. The molecule has 0 radical (unpaired) electrons. The Morgan fingerprint density at radius 2 is 1.97 bits per heavy atom. The molecule has 2 heterocycles. The van der Waals surface area contributed by atoms with Crippen LogP contribution < -0.4 is 20.3 Å². The highest BCUT2D eigenvalue weighted by atomic mass is 16.5. The molecule has 4 rings (SSSR count). The van der Waals surface area contributed by atoms with Crippen LogP contribution in [0.4, 0.5) is 11.4 Å². The van der Waals surface area contributed by atoms with E-state index in [1.807, 2.05) is 37.3 Å². The van der Waals surface area contributed by atoms with E-state index in [-0.39, 0.29) is 12.6 Å². The number of methoxy groups -OCH3 is 1. The minimum Gasteiger partial charge on any atom is -0.495 e. The van der Waals surface area contributed by atoms with Gasteiger partial charge in [-0.25, -0.2) is 0 Å². The molecule has 0 saturated heterocycles. The standard InChI is InChI=1S/C25H26N4O3/c1-17-9-10-23(32-2)20(14-17)28-25(31)24(30)27-16-22(19-7-5-12-26-15-19)29-13-11-18-6-3-4-8-21(18)29/h3-10,12,14-15,22H,11,13,16H2,1-2H3,(H,27,30)(H,28,31)/t22-/m0/s1. The number of aromatic nitrogens is 1. The number of carbonyl (C=O) groups is 2. The highest BCUT2D eigenvalue weighted by molar-refractivity contribution is 6.39. The van der Waals surface area contributed by atoms with Gasteiger partial charge in [0.1, 0.15) is 5.75 Å². The number of anilines is 2. The Morgan fingerprint density at radius 1 is 1.12 bits per heavy atom. The summed E-state index contributed by atoms with van der Waals surface area (Å²) in [5.41, 5.74) is 4.81. The molecule has 0 bridgehead atoms. The molecule has 32 heavy (non-hydrogen) atoms. The second-order valence-corrected chi connectivity index (χ2v) is 7.74. The van der Waals surface area contributed by atoms with Crippen LogP contribution in [-0.2, 0) is 16.0 Å². The number of ether oxygens (including phenoxy) is 1. The topological polar surface area (TPSA) is 83.6 Å². The van der Waals surface area contributed by atoms with Crippen molar-refractivity contribution in [2.45, 2.75) is 19.4 Å². The largest absolute Gasteiger partial charge is 0.495 e. The number of aryl methyl sites for hydroxylation is 1. The molecule has 1 aliphatic rings. The average Bonchev–Trinajstić information content (AvgIpc) is 3.24. The fourth-order valence-corrected chi connectivity index (χ4v) is 4.04. The van der Waals surface area contributed by atoms with E-state index in [0.29, 0.717) is 11.4 Å². The van der Waals surface area contributed by atoms with Crippen LogP contribution in [0.5, 0.6) is 5.75 Å². The molecule has 1 atom stereocenters. The summed E-state index contributed by atoms with van der Waals surface area (Å²) in [7, 11) is 1.52. The smallest absolute Gasteiger partial charge is 0.313 e. The fraction of sp³-hybridized carbons (Fsp3) is 0.240. The number of nitrogens with one attached hydrogen (secondary N) is 2. The molecule has 1 aliphatic heterocycles. The molecule has 2 aromatic carbocycles. The molecule has 0 unspecified atom stereocenters. The van der Waals surface area contributed by atoms with Crippen LogP contribution in [0.15, 0.2) is 67.0 Å². The van der Waals surface area contributed by atoms with E-state index in [2.05, 4.69) is 32.7 Å². The van der Waals surface area contributed by atoms with Gasteiger partial charge in [0.15, 0.2) is 0 Å². The van der Waals surface area contributed by atoms with Gasteiger partial charge in [-0.2, -0.15) is 0 Å². The zero-order valence-corrected chi connectivity index (χ0v) is 18.2. The number of pyridine rings is 1. The lowest BCUT2D eigenvalue weighted by atomic mass is 10.1. The van der Waals surface area contributed by atoms with Gasteiger partial charge in [-0.15, -0.1) is 0 Å². The SMILES string of the molecule is COc1ccc(C)cc1NC(=O)C(=O)NC[C@@H](c1cccnc1)N1CCc2ccccc21. The normalized spacial score (nSPS) is 13.2. The Hall–Kier alpha value is -3.87. The quantitative estimate of drug-likeness (QED) is 0.587. The zero-order valence-electron chi connectivity index (χ0n) is 18.2. The number of rotatable bonds is 6. The van der Waals surface area contributed by atoms with Gasteiger partial charge in [0, 0.05) is 31.2 Å². The number of hydrogen-bond donors (Lipinski definition) is 2. The van der Waals surface area contributed by atoms with E-state index in [0.717, 1.165) is 29.8 Å². The number of nitrogens with zero attached hydrogens (tertiary/aromatic N) is 2. The average molecular weight is 431 g/mol. The van der Waals surface area contributed by atoms with Crippen LogP contribution in [0.2, 0.25) is 0 Å². The summed E-state index contributed by atoms with van der Waals surface area (Å²) in [4.78, 5) is 31.7. The first kappa shape index (κ1) is 21.4. The van der Waals surface area contributed by atoms with Crippen molar-refractivity contribution in [3.05, 3.63) is 83.7 Å². The van der Waals surface area contributed by atoms with Gasteiger partial charge in [-0.3, -0.25) is 14.6 Å². The maximum absolute atomic E-state index is 12.6. The van der Waals surface area contributed by atoms with Gasteiger partial charge < -0.3 is 20.3 Å². The van der Waals surface area contributed by atoms with Gasteiger partial charge in [-0.1, -0.05) is 30.3 Å². The van der Waals surface area contributed by atoms with E-state index in [9.17, 15) is 9.59 Å². The number of benzene rings is 2. The molecule has 1 aromatic heterocycles. The van der Waals surface area contributed by atoms with Gasteiger partial charge in [-0.05, 0) is 54.3 Å². The number of carbonyl (C=O) groups excluding carboxylic acids is 2. The molecule has 2 amide bonds. The second-order valence-electron chi connectivity index (χ2n) is 7.74. The van der Waals surface area contributed by atoms with Crippen LogP contribution in [0, 0.1) is 6.92 Å². The summed E-state index contributed by atoms with van der Waals surface area (Å²) in [5.74, 6) is -0.936. The molecule has 0 fully saturated rings. The molecule has 7 heteroatoms. The minimum atomic E-state index is -0.736. The second kappa shape index (κ2) is 9.51. The molecule has 164 valence electrons. The van der Waals surface area contributed by atoms with E-state index in [4.69, 9.17) is 4.74 Å². The molecule has 0 aliphatic carbocycles. The Balaban J connectivity index is 1.48. The van der Waals surface area contributed by atoms with Crippen molar-refractivity contribution in [2.75, 3.05) is 30.4 Å². The molecule has 0 saturated carbocycles. The lowest BCUT2D eigenvalue weighted by molar-refractivity contribution is -0.136. The van der Waals surface area contributed by atoms with E-state index >= 15 is 0 Å².